The Kier molecular flexibility index (Phi) is 4.96. The second kappa shape index (κ2) is 5.83. The molecule has 2 N–H and O–H groups in total. The van der Waals surface area contributed by atoms with Gasteiger partial charge in [0.05, 0.1) is 0 Å². The summed E-state index contributed by atoms with van der Waals surface area (Å²) in [5, 5.41) is 7.18. The highest BCUT2D eigenvalue weighted by atomic mass is 15.0. The van der Waals surface area contributed by atoms with Crippen molar-refractivity contribution in [3.63, 3.8) is 0 Å². The van der Waals surface area contributed by atoms with Crippen LogP contribution in [0.3, 0.4) is 0 Å². The normalized spacial score (nSPS) is 18.8. The molecule has 0 atom stereocenters. The SMILES string of the molecule is CC1=CC=C(C)C1(CNC(C)C)CNC(C)C. The van der Waals surface area contributed by atoms with Gasteiger partial charge in [-0.3, -0.25) is 0 Å². The third-order valence-corrected chi connectivity index (χ3v) is 3.72. The molecule has 1 aliphatic carbocycles. The van der Waals surface area contributed by atoms with Crippen LogP contribution < -0.4 is 10.6 Å². The Morgan fingerprint density at radius 2 is 1.24 bits per heavy atom. The van der Waals surface area contributed by atoms with Crippen LogP contribution in [0.25, 0.3) is 0 Å². The average molecular weight is 236 g/mol. The molecule has 1 aliphatic rings. The van der Waals surface area contributed by atoms with Gasteiger partial charge < -0.3 is 10.6 Å². The van der Waals surface area contributed by atoms with E-state index in [4.69, 9.17) is 0 Å². The summed E-state index contributed by atoms with van der Waals surface area (Å²) >= 11 is 0. The Morgan fingerprint density at radius 3 is 1.53 bits per heavy atom. The first-order valence-electron chi connectivity index (χ1n) is 6.71. The molecule has 0 spiro atoms. The summed E-state index contributed by atoms with van der Waals surface area (Å²) in [6, 6.07) is 1.07. The minimum Gasteiger partial charge on any atom is -0.313 e. The highest BCUT2D eigenvalue weighted by Gasteiger charge is 2.36. The van der Waals surface area contributed by atoms with E-state index in [2.05, 4.69) is 64.3 Å². The molecule has 0 radical (unpaired) electrons. The van der Waals surface area contributed by atoms with Gasteiger partial charge in [-0.1, -0.05) is 51.0 Å². The predicted molar refractivity (Wildman–Crippen MR) is 76.2 cm³/mol. The van der Waals surface area contributed by atoms with Gasteiger partial charge >= 0.3 is 0 Å². The summed E-state index contributed by atoms with van der Waals surface area (Å²) in [5.41, 5.74) is 3.11. The molecule has 98 valence electrons. The fraction of sp³-hybridized carbons (Fsp3) is 0.733. The van der Waals surface area contributed by atoms with Crippen molar-refractivity contribution >= 4 is 0 Å². The van der Waals surface area contributed by atoms with Crippen LogP contribution in [0, 0.1) is 5.41 Å². The monoisotopic (exact) mass is 236 g/mol. The van der Waals surface area contributed by atoms with Gasteiger partial charge in [0.2, 0.25) is 0 Å². The fourth-order valence-corrected chi connectivity index (χ4v) is 2.26. The van der Waals surface area contributed by atoms with E-state index in [1.165, 1.54) is 11.1 Å². The van der Waals surface area contributed by atoms with Gasteiger partial charge in [-0.05, 0) is 13.8 Å². The molecule has 0 aromatic rings. The van der Waals surface area contributed by atoms with Gasteiger partial charge in [-0.15, -0.1) is 0 Å². The number of nitrogens with one attached hydrogen (secondary N) is 2. The second-order valence-corrected chi connectivity index (χ2v) is 5.85. The highest BCUT2D eigenvalue weighted by Crippen LogP contribution is 2.39. The molecule has 0 aromatic carbocycles. The summed E-state index contributed by atoms with van der Waals surface area (Å²) in [6.07, 6.45) is 4.53. The lowest BCUT2D eigenvalue weighted by molar-refractivity contribution is 0.349. The van der Waals surface area contributed by atoms with Crippen molar-refractivity contribution in [2.45, 2.75) is 53.6 Å². The number of hydrogen-bond acceptors (Lipinski definition) is 2. The number of rotatable bonds is 6. The van der Waals surface area contributed by atoms with Crippen LogP contribution in [0.1, 0.15) is 41.5 Å². The maximum Gasteiger partial charge on any atom is 0.0371 e. The molecule has 0 saturated carbocycles. The van der Waals surface area contributed by atoms with Crippen molar-refractivity contribution in [1.29, 1.82) is 0 Å². The van der Waals surface area contributed by atoms with Crippen LogP contribution >= 0.6 is 0 Å². The van der Waals surface area contributed by atoms with Gasteiger partial charge in [-0.2, -0.15) is 0 Å². The first-order valence-corrected chi connectivity index (χ1v) is 6.71. The van der Waals surface area contributed by atoms with E-state index < -0.39 is 0 Å². The Bertz CT molecular complexity index is 279. The average Bonchev–Trinajstić information content (AvgIpc) is 2.51. The van der Waals surface area contributed by atoms with E-state index in [0.29, 0.717) is 12.1 Å². The molecule has 0 saturated heterocycles. The van der Waals surface area contributed by atoms with E-state index in [1.54, 1.807) is 0 Å². The minimum absolute atomic E-state index is 0.175. The zero-order chi connectivity index (χ0) is 13.1. The summed E-state index contributed by atoms with van der Waals surface area (Å²) in [5.74, 6) is 0. The standard InChI is InChI=1S/C15H28N2/c1-11(2)16-9-15(10-17-12(3)4)13(5)7-8-14(15)6/h7-8,11-12,16-17H,9-10H2,1-6H3. The van der Waals surface area contributed by atoms with Gasteiger partial charge in [0.25, 0.3) is 0 Å². The number of hydrogen-bond donors (Lipinski definition) is 2. The molecular formula is C15H28N2. The maximum absolute atomic E-state index is 3.59. The summed E-state index contributed by atoms with van der Waals surface area (Å²) in [6.45, 7) is 15.4. The fourth-order valence-electron chi connectivity index (χ4n) is 2.26. The first kappa shape index (κ1) is 14.5. The molecule has 0 unspecified atom stereocenters. The van der Waals surface area contributed by atoms with Crippen molar-refractivity contribution in [2.24, 2.45) is 5.41 Å². The Morgan fingerprint density at radius 1 is 0.882 bits per heavy atom. The van der Waals surface area contributed by atoms with Crippen molar-refractivity contribution in [2.75, 3.05) is 13.1 Å². The van der Waals surface area contributed by atoms with Crippen LogP contribution in [-0.2, 0) is 0 Å². The quantitative estimate of drug-likeness (QED) is 0.741. The van der Waals surface area contributed by atoms with Crippen LogP contribution in [0.4, 0.5) is 0 Å². The van der Waals surface area contributed by atoms with Crippen LogP contribution in [0.15, 0.2) is 23.3 Å². The zero-order valence-corrected chi connectivity index (χ0v) is 12.2. The largest absolute Gasteiger partial charge is 0.313 e. The Hall–Kier alpha value is -0.600. The lowest BCUT2D eigenvalue weighted by atomic mass is 9.77. The molecule has 0 amide bonds. The zero-order valence-electron chi connectivity index (χ0n) is 12.2. The predicted octanol–water partition coefficient (Wildman–Crippen LogP) is 2.88. The highest BCUT2D eigenvalue weighted by molar-refractivity contribution is 5.40. The summed E-state index contributed by atoms with van der Waals surface area (Å²) < 4.78 is 0. The number of allylic oxidation sites excluding steroid dienone is 2. The van der Waals surface area contributed by atoms with E-state index in [0.717, 1.165) is 13.1 Å². The molecule has 0 aliphatic heterocycles. The molecule has 0 bridgehead atoms. The molecule has 1 rings (SSSR count). The van der Waals surface area contributed by atoms with E-state index in [-0.39, 0.29) is 5.41 Å². The van der Waals surface area contributed by atoms with Crippen LogP contribution in [0.2, 0.25) is 0 Å². The molecule has 17 heavy (non-hydrogen) atoms. The maximum atomic E-state index is 3.59. The van der Waals surface area contributed by atoms with E-state index in [9.17, 15) is 0 Å². The van der Waals surface area contributed by atoms with Crippen LogP contribution in [0.5, 0.6) is 0 Å². The third kappa shape index (κ3) is 3.43. The lowest BCUT2D eigenvalue weighted by Crippen LogP contribution is -2.46. The lowest BCUT2D eigenvalue weighted by Gasteiger charge is -2.35. The molecule has 2 nitrogen and oxygen atoms in total. The smallest absolute Gasteiger partial charge is 0.0371 e. The first-order chi connectivity index (χ1) is 7.88. The Balaban J connectivity index is 2.78. The van der Waals surface area contributed by atoms with Gasteiger partial charge in [0, 0.05) is 30.6 Å². The van der Waals surface area contributed by atoms with E-state index >= 15 is 0 Å². The molecular weight excluding hydrogens is 208 g/mol. The van der Waals surface area contributed by atoms with Crippen molar-refractivity contribution in [3.8, 4) is 0 Å². The van der Waals surface area contributed by atoms with E-state index in [1.807, 2.05) is 0 Å². The van der Waals surface area contributed by atoms with Crippen molar-refractivity contribution < 1.29 is 0 Å². The molecule has 0 aromatic heterocycles. The van der Waals surface area contributed by atoms with Gasteiger partial charge in [0.15, 0.2) is 0 Å². The van der Waals surface area contributed by atoms with Gasteiger partial charge in [-0.25, -0.2) is 0 Å². The molecule has 2 heteroatoms. The Labute approximate surface area is 107 Å². The summed E-state index contributed by atoms with van der Waals surface area (Å²) in [4.78, 5) is 0. The molecule has 0 fully saturated rings. The minimum atomic E-state index is 0.175. The van der Waals surface area contributed by atoms with Crippen LogP contribution in [-0.4, -0.2) is 25.2 Å². The topological polar surface area (TPSA) is 24.1 Å². The van der Waals surface area contributed by atoms with Crippen molar-refractivity contribution in [1.82, 2.24) is 10.6 Å². The summed E-state index contributed by atoms with van der Waals surface area (Å²) in [7, 11) is 0. The van der Waals surface area contributed by atoms with Gasteiger partial charge in [0.1, 0.15) is 0 Å². The third-order valence-electron chi connectivity index (χ3n) is 3.72. The second-order valence-electron chi connectivity index (χ2n) is 5.85. The molecule has 0 heterocycles. The van der Waals surface area contributed by atoms with Crippen molar-refractivity contribution in [3.05, 3.63) is 23.3 Å².